The van der Waals surface area contributed by atoms with Crippen molar-refractivity contribution in [3.63, 3.8) is 0 Å². The van der Waals surface area contributed by atoms with E-state index >= 15 is 0 Å². The van der Waals surface area contributed by atoms with Crippen molar-refractivity contribution in [1.82, 2.24) is 19.6 Å². The highest BCUT2D eigenvalue weighted by Gasteiger charge is 2.26. The van der Waals surface area contributed by atoms with Crippen LogP contribution in [-0.2, 0) is 12.8 Å². The number of carboxylic acid groups (broad SMARTS) is 1. The summed E-state index contributed by atoms with van der Waals surface area (Å²) in [4.78, 5) is 34.8. The summed E-state index contributed by atoms with van der Waals surface area (Å²) in [6.07, 6.45) is 4.64. The van der Waals surface area contributed by atoms with Crippen LogP contribution in [0.4, 0.5) is 5.00 Å². The smallest absolute Gasteiger partial charge is 0.339 e. The van der Waals surface area contributed by atoms with Gasteiger partial charge in [-0.2, -0.15) is 4.98 Å². The molecule has 0 saturated carbocycles. The second-order valence-corrected chi connectivity index (χ2v) is 8.93. The molecule has 32 heavy (non-hydrogen) atoms. The Labute approximate surface area is 188 Å². The maximum atomic E-state index is 12.9. The number of benzene rings is 1. The van der Waals surface area contributed by atoms with E-state index in [0.717, 1.165) is 59.5 Å². The van der Waals surface area contributed by atoms with E-state index in [0.29, 0.717) is 10.8 Å². The van der Waals surface area contributed by atoms with Gasteiger partial charge in [-0.1, -0.05) is 36.8 Å². The highest BCUT2D eigenvalue weighted by Crippen LogP contribution is 2.37. The van der Waals surface area contributed by atoms with E-state index in [1.54, 1.807) is 0 Å². The predicted octanol–water partition coefficient (Wildman–Crippen LogP) is 4.38. The number of aromatic nitrogens is 4. The van der Waals surface area contributed by atoms with E-state index in [1.807, 2.05) is 43.3 Å². The lowest BCUT2D eigenvalue weighted by molar-refractivity contribution is 0.0697. The van der Waals surface area contributed by atoms with Gasteiger partial charge in [-0.05, 0) is 44.2 Å². The molecule has 2 N–H and O–H groups in total. The fourth-order valence-corrected chi connectivity index (χ4v) is 5.36. The number of nitrogens with zero attached hydrogens (tertiary/aromatic N) is 4. The molecule has 0 unspecified atom stereocenters. The number of rotatable bonds is 4. The van der Waals surface area contributed by atoms with Crippen molar-refractivity contribution in [3.8, 4) is 11.3 Å². The third-order valence-electron chi connectivity index (χ3n) is 5.63. The van der Waals surface area contributed by atoms with E-state index in [9.17, 15) is 14.7 Å². The average molecular weight is 448 g/mol. The van der Waals surface area contributed by atoms with Crippen molar-refractivity contribution in [1.29, 1.82) is 0 Å². The van der Waals surface area contributed by atoms with Crippen LogP contribution in [0.2, 0.25) is 0 Å². The zero-order valence-corrected chi connectivity index (χ0v) is 18.3. The molecule has 0 aliphatic heterocycles. The van der Waals surface area contributed by atoms with Gasteiger partial charge >= 0.3 is 5.97 Å². The van der Waals surface area contributed by atoms with E-state index in [1.165, 1.54) is 15.9 Å². The van der Waals surface area contributed by atoms with Crippen molar-refractivity contribution >= 4 is 34.0 Å². The Morgan fingerprint density at radius 3 is 2.66 bits per heavy atom. The van der Waals surface area contributed by atoms with Crippen LogP contribution < -0.4 is 5.32 Å². The summed E-state index contributed by atoms with van der Waals surface area (Å²) in [5.74, 6) is -1.30. The van der Waals surface area contributed by atoms with Crippen LogP contribution in [0.25, 0.3) is 17.0 Å². The first-order chi connectivity index (χ1) is 15.5. The Balaban J connectivity index is 1.48. The molecule has 0 saturated heterocycles. The Kier molecular flexibility index (Phi) is 5.18. The molecule has 0 atom stereocenters. The quantitative estimate of drug-likeness (QED) is 0.449. The van der Waals surface area contributed by atoms with Crippen LogP contribution in [-0.4, -0.2) is 36.6 Å². The van der Waals surface area contributed by atoms with Crippen molar-refractivity contribution in [2.45, 2.75) is 39.0 Å². The molecular weight excluding hydrogens is 426 g/mol. The lowest BCUT2D eigenvalue weighted by Crippen LogP contribution is -2.15. The molecule has 8 nitrogen and oxygen atoms in total. The summed E-state index contributed by atoms with van der Waals surface area (Å²) in [6.45, 7) is 1.87. The molecule has 0 bridgehead atoms. The van der Waals surface area contributed by atoms with E-state index in [2.05, 4.69) is 20.4 Å². The fraction of sp³-hybridized carbons (Fsp3) is 0.261. The second-order valence-electron chi connectivity index (χ2n) is 7.82. The summed E-state index contributed by atoms with van der Waals surface area (Å²) in [7, 11) is 0. The van der Waals surface area contributed by atoms with Crippen molar-refractivity contribution < 1.29 is 14.7 Å². The maximum absolute atomic E-state index is 12.9. The van der Waals surface area contributed by atoms with Gasteiger partial charge in [0.2, 0.25) is 5.82 Å². The third-order valence-corrected chi connectivity index (χ3v) is 6.83. The van der Waals surface area contributed by atoms with Crippen LogP contribution in [0, 0.1) is 6.92 Å². The summed E-state index contributed by atoms with van der Waals surface area (Å²) < 4.78 is 1.52. The number of aryl methyl sites for hydroxylation is 2. The minimum atomic E-state index is -1.02. The summed E-state index contributed by atoms with van der Waals surface area (Å²) >= 11 is 1.35. The number of carbonyl (C=O) groups excluding carboxylic acids is 1. The number of thiophene rings is 1. The maximum Gasteiger partial charge on any atom is 0.339 e. The molecule has 1 aliphatic carbocycles. The molecule has 4 aromatic rings. The van der Waals surface area contributed by atoms with Crippen LogP contribution in [0.1, 0.15) is 56.4 Å². The number of fused-ring (bicyclic) bond motifs is 2. The van der Waals surface area contributed by atoms with E-state index in [4.69, 9.17) is 0 Å². The third kappa shape index (κ3) is 3.64. The first-order valence-electron chi connectivity index (χ1n) is 10.5. The number of amides is 1. The van der Waals surface area contributed by atoms with Crippen molar-refractivity contribution in [2.24, 2.45) is 0 Å². The highest BCUT2D eigenvalue weighted by atomic mass is 32.1. The molecule has 1 aromatic carbocycles. The van der Waals surface area contributed by atoms with Crippen LogP contribution in [0.3, 0.4) is 0 Å². The SMILES string of the molecule is Cc1cc(-c2ccccc2)nc2nc(C(=O)Nc3sc4c(c3C(=O)O)CCCCC4)nn12. The zero-order valence-electron chi connectivity index (χ0n) is 17.5. The largest absolute Gasteiger partial charge is 0.478 e. The molecular formula is C23H21N5O3S. The van der Waals surface area contributed by atoms with Gasteiger partial charge in [0, 0.05) is 16.1 Å². The predicted molar refractivity (Wildman–Crippen MR) is 121 cm³/mol. The molecule has 9 heteroatoms. The Morgan fingerprint density at radius 1 is 1.09 bits per heavy atom. The number of hydrogen-bond acceptors (Lipinski definition) is 6. The summed E-state index contributed by atoms with van der Waals surface area (Å²) in [6, 6.07) is 11.6. The second kappa shape index (κ2) is 8.16. The molecule has 0 radical (unpaired) electrons. The Bertz CT molecular complexity index is 1340. The first-order valence-corrected chi connectivity index (χ1v) is 11.3. The minimum Gasteiger partial charge on any atom is -0.478 e. The number of nitrogens with one attached hydrogen (secondary N) is 1. The number of hydrogen-bond donors (Lipinski definition) is 2. The molecule has 1 amide bonds. The molecule has 0 spiro atoms. The minimum absolute atomic E-state index is 0.0502. The van der Waals surface area contributed by atoms with Gasteiger partial charge in [0.15, 0.2) is 0 Å². The number of aromatic carboxylic acids is 1. The summed E-state index contributed by atoms with van der Waals surface area (Å²) in [5, 5.41) is 17.2. The van der Waals surface area contributed by atoms with Gasteiger partial charge in [0.05, 0.1) is 11.3 Å². The molecule has 5 rings (SSSR count). The number of anilines is 1. The van der Waals surface area contributed by atoms with Gasteiger partial charge in [-0.25, -0.2) is 14.3 Å². The molecule has 0 fully saturated rings. The number of carbonyl (C=O) groups is 2. The molecule has 3 aromatic heterocycles. The van der Waals surface area contributed by atoms with E-state index < -0.39 is 11.9 Å². The van der Waals surface area contributed by atoms with Crippen LogP contribution >= 0.6 is 11.3 Å². The average Bonchev–Trinajstić information content (AvgIpc) is 3.29. The first kappa shape index (κ1) is 20.3. The van der Waals surface area contributed by atoms with E-state index in [-0.39, 0.29) is 11.4 Å². The van der Waals surface area contributed by atoms with Gasteiger partial charge < -0.3 is 10.4 Å². The Morgan fingerprint density at radius 2 is 1.88 bits per heavy atom. The summed E-state index contributed by atoms with van der Waals surface area (Å²) in [5.41, 5.74) is 3.52. The van der Waals surface area contributed by atoms with Gasteiger partial charge in [-0.15, -0.1) is 16.4 Å². The Hall–Kier alpha value is -3.59. The lowest BCUT2D eigenvalue weighted by atomic mass is 10.1. The fourth-order valence-electron chi connectivity index (χ4n) is 4.08. The van der Waals surface area contributed by atoms with Crippen LogP contribution in [0.15, 0.2) is 36.4 Å². The standard InChI is InChI=1S/C23H21N5O3S/c1-13-12-16(14-8-4-2-5-9-14)24-23-25-19(27-28(13)23)20(29)26-21-18(22(30)31)15-10-6-3-7-11-17(15)32-21/h2,4-5,8-9,12H,3,6-7,10-11H2,1H3,(H,26,29)(H,30,31). The topological polar surface area (TPSA) is 109 Å². The van der Waals surface area contributed by atoms with Crippen LogP contribution in [0.5, 0.6) is 0 Å². The van der Waals surface area contributed by atoms with Crippen molar-refractivity contribution in [3.05, 3.63) is 63.9 Å². The highest BCUT2D eigenvalue weighted by molar-refractivity contribution is 7.17. The molecule has 162 valence electrons. The van der Waals surface area contributed by atoms with Gasteiger partial charge in [-0.3, -0.25) is 4.79 Å². The zero-order chi connectivity index (χ0) is 22.2. The van der Waals surface area contributed by atoms with Gasteiger partial charge in [0.1, 0.15) is 5.00 Å². The molecule has 1 aliphatic rings. The lowest BCUT2D eigenvalue weighted by Gasteiger charge is -2.03. The van der Waals surface area contributed by atoms with Crippen molar-refractivity contribution in [2.75, 3.05) is 5.32 Å². The molecule has 3 heterocycles. The number of carboxylic acids is 1. The monoisotopic (exact) mass is 447 g/mol. The normalized spacial score (nSPS) is 13.5. The van der Waals surface area contributed by atoms with Gasteiger partial charge in [0.25, 0.3) is 11.7 Å².